The molecule has 21 heavy (non-hydrogen) atoms. The first-order valence-electron chi connectivity index (χ1n) is 8.31. The lowest BCUT2D eigenvalue weighted by Gasteiger charge is -2.04. The van der Waals surface area contributed by atoms with Crippen molar-refractivity contribution in [3.05, 3.63) is 65.5 Å². The number of benzene rings is 1. The number of aryl methyl sites for hydroxylation is 4. The van der Waals surface area contributed by atoms with Crippen molar-refractivity contribution in [2.45, 2.75) is 58.9 Å². The molecule has 0 bridgehead atoms. The Morgan fingerprint density at radius 2 is 1.52 bits per heavy atom. The average molecular weight is 282 g/mol. The zero-order valence-electron chi connectivity index (χ0n) is 13.5. The van der Waals surface area contributed by atoms with Gasteiger partial charge in [-0.1, -0.05) is 37.6 Å². The number of nitrogens with zero attached hydrogens (tertiary/aromatic N) is 1. The van der Waals surface area contributed by atoms with Gasteiger partial charge in [-0.2, -0.15) is 0 Å². The molecule has 0 fully saturated rings. The smallest absolute Gasteiger partial charge is 0.171 e. The van der Waals surface area contributed by atoms with Crippen LogP contribution in [0.1, 0.15) is 49.3 Å². The lowest BCUT2D eigenvalue weighted by molar-refractivity contribution is -0.697. The maximum atomic E-state index is 2.31. The van der Waals surface area contributed by atoms with Crippen molar-refractivity contribution < 1.29 is 4.57 Å². The van der Waals surface area contributed by atoms with Crippen molar-refractivity contribution in [2.24, 2.45) is 0 Å². The van der Waals surface area contributed by atoms with Gasteiger partial charge in [0.15, 0.2) is 12.4 Å². The molecule has 0 aliphatic heterocycles. The molecule has 1 nitrogen and oxygen atoms in total. The second kappa shape index (κ2) is 8.61. The van der Waals surface area contributed by atoms with Crippen LogP contribution in [-0.4, -0.2) is 0 Å². The van der Waals surface area contributed by atoms with Crippen LogP contribution in [0.5, 0.6) is 0 Å². The molecule has 0 aliphatic carbocycles. The van der Waals surface area contributed by atoms with Gasteiger partial charge in [-0.15, -0.1) is 0 Å². The fraction of sp³-hybridized carbons (Fsp3) is 0.450. The molecule has 0 amide bonds. The molecule has 0 N–H and O–H groups in total. The number of hydrogen-bond donors (Lipinski definition) is 0. The van der Waals surface area contributed by atoms with E-state index in [9.17, 15) is 0 Å². The SMILES string of the molecule is CCCCc1ccc(CCCC[n+]2cccc(C)c2)cc1. The van der Waals surface area contributed by atoms with Crippen LogP contribution in [-0.2, 0) is 19.4 Å². The summed E-state index contributed by atoms with van der Waals surface area (Å²) in [6.45, 7) is 5.52. The summed E-state index contributed by atoms with van der Waals surface area (Å²) < 4.78 is 2.29. The summed E-state index contributed by atoms with van der Waals surface area (Å²) in [7, 11) is 0. The van der Waals surface area contributed by atoms with Gasteiger partial charge in [0, 0.05) is 18.1 Å². The molecule has 0 unspecified atom stereocenters. The van der Waals surface area contributed by atoms with Crippen LogP contribution < -0.4 is 4.57 Å². The fourth-order valence-corrected chi connectivity index (χ4v) is 2.67. The first kappa shape index (κ1) is 15.8. The van der Waals surface area contributed by atoms with E-state index in [4.69, 9.17) is 0 Å². The average Bonchev–Trinajstić information content (AvgIpc) is 2.51. The van der Waals surface area contributed by atoms with Crippen LogP contribution in [0.2, 0.25) is 0 Å². The Kier molecular flexibility index (Phi) is 6.46. The highest BCUT2D eigenvalue weighted by molar-refractivity contribution is 5.22. The van der Waals surface area contributed by atoms with E-state index in [2.05, 4.69) is 67.2 Å². The van der Waals surface area contributed by atoms with Crippen molar-refractivity contribution in [2.75, 3.05) is 0 Å². The molecule has 2 rings (SSSR count). The van der Waals surface area contributed by atoms with E-state index in [1.165, 1.54) is 55.2 Å². The van der Waals surface area contributed by atoms with Gasteiger partial charge in [-0.25, -0.2) is 4.57 Å². The minimum absolute atomic E-state index is 1.12. The molecular formula is C20H28N+. The van der Waals surface area contributed by atoms with Crippen LogP contribution in [0.4, 0.5) is 0 Å². The summed E-state index contributed by atoms with van der Waals surface area (Å²) in [4.78, 5) is 0. The van der Waals surface area contributed by atoms with Gasteiger partial charge in [0.1, 0.15) is 6.54 Å². The number of pyridine rings is 1. The highest BCUT2D eigenvalue weighted by Crippen LogP contribution is 2.10. The minimum atomic E-state index is 1.12. The summed E-state index contributed by atoms with van der Waals surface area (Å²) >= 11 is 0. The van der Waals surface area contributed by atoms with Gasteiger partial charge in [0.25, 0.3) is 0 Å². The summed E-state index contributed by atoms with van der Waals surface area (Å²) in [5.41, 5.74) is 4.29. The molecule has 0 atom stereocenters. The fourth-order valence-electron chi connectivity index (χ4n) is 2.67. The molecule has 1 aromatic carbocycles. The van der Waals surface area contributed by atoms with Gasteiger partial charge in [0.2, 0.25) is 0 Å². The monoisotopic (exact) mass is 282 g/mol. The molecule has 2 aromatic rings. The third-order valence-electron chi connectivity index (χ3n) is 3.98. The van der Waals surface area contributed by atoms with Crippen LogP contribution in [0.15, 0.2) is 48.8 Å². The molecular weight excluding hydrogens is 254 g/mol. The van der Waals surface area contributed by atoms with Crippen molar-refractivity contribution in [3.8, 4) is 0 Å². The van der Waals surface area contributed by atoms with E-state index >= 15 is 0 Å². The Labute approximate surface area is 129 Å². The van der Waals surface area contributed by atoms with Crippen LogP contribution in [0.3, 0.4) is 0 Å². The molecule has 0 saturated heterocycles. The number of aromatic nitrogens is 1. The zero-order valence-corrected chi connectivity index (χ0v) is 13.5. The molecule has 0 radical (unpaired) electrons. The van der Waals surface area contributed by atoms with Gasteiger partial charge in [0.05, 0.1) is 0 Å². The second-order valence-electron chi connectivity index (χ2n) is 6.00. The molecule has 1 heteroatoms. The number of rotatable bonds is 8. The Balaban J connectivity index is 1.71. The second-order valence-corrected chi connectivity index (χ2v) is 6.00. The summed E-state index contributed by atoms with van der Waals surface area (Å²) in [6, 6.07) is 13.5. The van der Waals surface area contributed by atoms with E-state index < -0.39 is 0 Å². The summed E-state index contributed by atoms with van der Waals surface area (Å²) in [5, 5.41) is 0. The van der Waals surface area contributed by atoms with Gasteiger partial charge in [-0.3, -0.25) is 0 Å². The Bertz CT molecular complexity index is 528. The number of unbranched alkanes of at least 4 members (excludes halogenated alkanes) is 2. The predicted molar refractivity (Wildman–Crippen MR) is 89.4 cm³/mol. The third kappa shape index (κ3) is 5.71. The summed E-state index contributed by atoms with van der Waals surface area (Å²) in [6.07, 6.45) is 11.9. The highest BCUT2D eigenvalue weighted by Gasteiger charge is 2.01. The van der Waals surface area contributed by atoms with Crippen LogP contribution >= 0.6 is 0 Å². The normalized spacial score (nSPS) is 10.8. The Morgan fingerprint density at radius 1 is 0.857 bits per heavy atom. The maximum absolute atomic E-state index is 2.31. The molecule has 0 saturated carbocycles. The van der Waals surface area contributed by atoms with Gasteiger partial charge >= 0.3 is 0 Å². The van der Waals surface area contributed by atoms with Crippen molar-refractivity contribution in [1.82, 2.24) is 0 Å². The predicted octanol–water partition coefficient (Wildman–Crippen LogP) is 4.65. The van der Waals surface area contributed by atoms with Gasteiger partial charge < -0.3 is 0 Å². The van der Waals surface area contributed by atoms with Crippen molar-refractivity contribution in [3.63, 3.8) is 0 Å². The van der Waals surface area contributed by atoms with E-state index in [1.807, 2.05) is 0 Å². The number of hydrogen-bond acceptors (Lipinski definition) is 0. The van der Waals surface area contributed by atoms with E-state index in [0.717, 1.165) is 6.54 Å². The molecule has 0 spiro atoms. The Hall–Kier alpha value is -1.63. The minimum Gasteiger partial charge on any atom is -0.205 e. The highest BCUT2D eigenvalue weighted by atomic mass is 14.9. The van der Waals surface area contributed by atoms with Crippen LogP contribution in [0, 0.1) is 6.92 Å². The van der Waals surface area contributed by atoms with E-state index in [0.29, 0.717) is 0 Å². The van der Waals surface area contributed by atoms with E-state index in [1.54, 1.807) is 0 Å². The lowest BCUT2D eigenvalue weighted by Crippen LogP contribution is -2.32. The molecule has 1 aromatic heterocycles. The standard InChI is InChI=1S/C20H28N/c1-3-4-9-19-11-13-20(14-12-19)10-5-6-15-21-16-7-8-18(2)17-21/h7-8,11-14,16-17H,3-6,9-10,15H2,1-2H3/q+1. The molecule has 112 valence electrons. The van der Waals surface area contributed by atoms with Crippen molar-refractivity contribution in [1.29, 1.82) is 0 Å². The first-order chi connectivity index (χ1) is 10.3. The van der Waals surface area contributed by atoms with Gasteiger partial charge in [-0.05, 0) is 49.8 Å². The lowest BCUT2D eigenvalue weighted by atomic mass is 10.0. The quantitative estimate of drug-likeness (QED) is 0.490. The van der Waals surface area contributed by atoms with Crippen LogP contribution in [0.25, 0.3) is 0 Å². The molecule has 1 heterocycles. The topological polar surface area (TPSA) is 3.88 Å². The maximum Gasteiger partial charge on any atom is 0.171 e. The molecule has 0 aliphatic rings. The summed E-state index contributed by atoms with van der Waals surface area (Å²) in [5.74, 6) is 0. The zero-order chi connectivity index (χ0) is 14.9. The largest absolute Gasteiger partial charge is 0.205 e. The third-order valence-corrected chi connectivity index (χ3v) is 3.98. The van der Waals surface area contributed by atoms with Crippen molar-refractivity contribution >= 4 is 0 Å². The van der Waals surface area contributed by atoms with E-state index in [-0.39, 0.29) is 0 Å². The Morgan fingerprint density at radius 3 is 2.14 bits per heavy atom. The first-order valence-corrected chi connectivity index (χ1v) is 8.31.